The first-order valence-electron chi connectivity index (χ1n) is 3.04. The van der Waals surface area contributed by atoms with Crippen molar-refractivity contribution >= 4 is 22.9 Å². The summed E-state index contributed by atoms with van der Waals surface area (Å²) in [5, 5.41) is 0. The van der Waals surface area contributed by atoms with Gasteiger partial charge in [0.15, 0.2) is 5.51 Å². The monoisotopic (exact) mass is 174 g/mol. The number of nitrogens with zero attached hydrogens (tertiary/aromatic N) is 1. The van der Waals surface area contributed by atoms with Crippen molar-refractivity contribution in [2.75, 3.05) is 0 Å². The second-order valence-corrected chi connectivity index (χ2v) is 4.57. The molecule has 1 aromatic rings. The van der Waals surface area contributed by atoms with Gasteiger partial charge in [0.05, 0.1) is 5.69 Å². The normalized spacial score (nSPS) is 12.0. The van der Waals surface area contributed by atoms with Crippen LogP contribution in [-0.2, 0) is 5.41 Å². The molecule has 0 amide bonds. The van der Waals surface area contributed by atoms with Crippen LogP contribution in [0.2, 0.25) is 4.34 Å². The maximum absolute atomic E-state index is 5.85. The Kier molecular flexibility index (Phi) is 2.02. The van der Waals surface area contributed by atoms with E-state index in [4.69, 9.17) is 11.6 Å². The molecular formula is C7H9ClNS. The van der Waals surface area contributed by atoms with Crippen LogP contribution in [0.1, 0.15) is 26.5 Å². The van der Waals surface area contributed by atoms with Gasteiger partial charge in [-0.3, -0.25) is 0 Å². The van der Waals surface area contributed by atoms with E-state index < -0.39 is 0 Å². The largest absolute Gasteiger partial charge is 0.236 e. The fraction of sp³-hybridized carbons (Fsp3) is 0.571. The van der Waals surface area contributed by atoms with Crippen molar-refractivity contribution in [1.82, 2.24) is 4.98 Å². The van der Waals surface area contributed by atoms with Crippen molar-refractivity contribution in [3.05, 3.63) is 15.5 Å². The van der Waals surface area contributed by atoms with Crippen LogP contribution in [-0.4, -0.2) is 4.98 Å². The summed E-state index contributed by atoms with van der Waals surface area (Å²) < 4.78 is 0.757. The number of aromatic nitrogens is 1. The molecule has 0 saturated heterocycles. The molecule has 0 spiro atoms. The van der Waals surface area contributed by atoms with E-state index in [1.165, 1.54) is 11.3 Å². The van der Waals surface area contributed by atoms with Gasteiger partial charge in [0.25, 0.3) is 0 Å². The third-order valence-corrected chi connectivity index (χ3v) is 2.15. The van der Waals surface area contributed by atoms with E-state index in [9.17, 15) is 0 Å². The number of rotatable bonds is 0. The summed E-state index contributed by atoms with van der Waals surface area (Å²) in [6, 6.07) is 0. The maximum Gasteiger partial charge on any atom is 0.153 e. The third-order valence-electron chi connectivity index (χ3n) is 1.19. The lowest BCUT2D eigenvalue weighted by Gasteiger charge is -2.14. The Bertz CT molecular complexity index is 224. The van der Waals surface area contributed by atoms with Gasteiger partial charge in [-0.2, -0.15) is 0 Å². The maximum atomic E-state index is 5.85. The smallest absolute Gasteiger partial charge is 0.153 e. The summed E-state index contributed by atoms with van der Waals surface area (Å²) in [7, 11) is 0. The van der Waals surface area contributed by atoms with Crippen LogP contribution in [0.3, 0.4) is 0 Å². The van der Waals surface area contributed by atoms with Crippen molar-refractivity contribution in [2.45, 2.75) is 26.2 Å². The average Bonchev–Trinajstić information content (AvgIpc) is 2.11. The lowest BCUT2D eigenvalue weighted by molar-refractivity contribution is 0.573. The Morgan fingerprint density at radius 3 is 2.30 bits per heavy atom. The first kappa shape index (κ1) is 8.02. The Hall–Kier alpha value is -0.0800. The minimum atomic E-state index is 0.0492. The zero-order valence-corrected chi connectivity index (χ0v) is 7.81. The van der Waals surface area contributed by atoms with E-state index in [1.807, 2.05) is 0 Å². The second-order valence-electron chi connectivity index (χ2n) is 3.18. The molecule has 1 rings (SSSR count). The topological polar surface area (TPSA) is 12.9 Å². The lowest BCUT2D eigenvalue weighted by atomic mass is 9.93. The Morgan fingerprint density at radius 2 is 2.10 bits per heavy atom. The van der Waals surface area contributed by atoms with Gasteiger partial charge in [-0.15, -0.1) is 0 Å². The molecule has 0 aliphatic rings. The summed E-state index contributed by atoms with van der Waals surface area (Å²) >= 11 is 7.21. The summed E-state index contributed by atoms with van der Waals surface area (Å²) in [5.74, 6) is 0. The molecule has 0 saturated carbocycles. The second kappa shape index (κ2) is 2.51. The minimum absolute atomic E-state index is 0.0492. The molecule has 1 heterocycles. The fourth-order valence-electron chi connectivity index (χ4n) is 0.663. The van der Waals surface area contributed by atoms with Gasteiger partial charge in [0.2, 0.25) is 0 Å². The highest BCUT2D eigenvalue weighted by atomic mass is 35.5. The van der Waals surface area contributed by atoms with Crippen LogP contribution < -0.4 is 0 Å². The predicted octanol–water partition coefficient (Wildman–Crippen LogP) is 2.89. The van der Waals surface area contributed by atoms with E-state index in [1.54, 1.807) is 0 Å². The highest BCUT2D eigenvalue weighted by Gasteiger charge is 2.19. The summed E-state index contributed by atoms with van der Waals surface area (Å²) in [4.78, 5) is 4.05. The van der Waals surface area contributed by atoms with Crippen molar-refractivity contribution in [3.63, 3.8) is 0 Å². The molecule has 3 heteroatoms. The van der Waals surface area contributed by atoms with Gasteiger partial charge in [-0.05, 0) is 0 Å². The van der Waals surface area contributed by atoms with E-state index in [-0.39, 0.29) is 5.41 Å². The Balaban J connectivity index is 3.05. The minimum Gasteiger partial charge on any atom is -0.236 e. The summed E-state index contributed by atoms with van der Waals surface area (Å²) in [6.45, 7) is 6.26. The number of halogens is 1. The number of hydrogen-bond acceptors (Lipinski definition) is 2. The lowest BCUT2D eigenvalue weighted by Crippen LogP contribution is -2.11. The van der Waals surface area contributed by atoms with E-state index in [2.05, 4.69) is 31.3 Å². The molecule has 0 aromatic carbocycles. The zero-order valence-electron chi connectivity index (χ0n) is 6.23. The fourth-order valence-corrected chi connectivity index (χ4v) is 1.76. The number of thiazole rings is 1. The van der Waals surface area contributed by atoms with Gasteiger partial charge in [-0.1, -0.05) is 43.7 Å². The van der Waals surface area contributed by atoms with E-state index in [0.29, 0.717) is 0 Å². The van der Waals surface area contributed by atoms with E-state index >= 15 is 0 Å². The van der Waals surface area contributed by atoms with Crippen LogP contribution >= 0.6 is 22.9 Å². The first-order chi connectivity index (χ1) is 4.52. The third kappa shape index (κ3) is 1.50. The SMILES string of the molecule is CC(C)(C)c1n[c]sc1Cl. The van der Waals surface area contributed by atoms with Crippen LogP contribution in [0.4, 0.5) is 0 Å². The van der Waals surface area contributed by atoms with Gasteiger partial charge in [-0.25, -0.2) is 4.98 Å². The molecule has 1 aromatic heterocycles. The Labute approximate surface area is 70.1 Å². The van der Waals surface area contributed by atoms with Gasteiger partial charge < -0.3 is 0 Å². The van der Waals surface area contributed by atoms with Crippen molar-refractivity contribution in [2.24, 2.45) is 0 Å². The van der Waals surface area contributed by atoms with Crippen LogP contribution in [0.15, 0.2) is 0 Å². The van der Waals surface area contributed by atoms with Gasteiger partial charge in [0, 0.05) is 5.41 Å². The molecule has 0 unspecified atom stereocenters. The standard InChI is InChI=1S/C7H9ClNS/c1-7(2,3)5-6(8)10-4-9-5/h1-3H3. The van der Waals surface area contributed by atoms with Crippen molar-refractivity contribution < 1.29 is 0 Å². The molecule has 0 aliphatic heterocycles. The van der Waals surface area contributed by atoms with Crippen LogP contribution in [0.25, 0.3) is 0 Å². The zero-order chi connectivity index (χ0) is 7.78. The molecule has 0 aliphatic carbocycles. The average molecular weight is 175 g/mol. The highest BCUT2D eigenvalue weighted by Crippen LogP contribution is 2.30. The van der Waals surface area contributed by atoms with Crippen LogP contribution in [0.5, 0.6) is 0 Å². The predicted molar refractivity (Wildman–Crippen MR) is 44.7 cm³/mol. The van der Waals surface area contributed by atoms with Crippen molar-refractivity contribution in [1.29, 1.82) is 0 Å². The molecule has 0 bridgehead atoms. The van der Waals surface area contributed by atoms with E-state index in [0.717, 1.165) is 10.0 Å². The van der Waals surface area contributed by atoms with Gasteiger partial charge >= 0.3 is 0 Å². The summed E-state index contributed by atoms with van der Waals surface area (Å²) in [6.07, 6.45) is 0. The molecule has 0 N–H and O–H groups in total. The molecule has 10 heavy (non-hydrogen) atoms. The van der Waals surface area contributed by atoms with Crippen molar-refractivity contribution in [3.8, 4) is 0 Å². The molecule has 55 valence electrons. The summed E-state index contributed by atoms with van der Waals surface area (Å²) in [5.41, 5.74) is 3.76. The number of hydrogen-bond donors (Lipinski definition) is 0. The Morgan fingerprint density at radius 1 is 1.50 bits per heavy atom. The highest BCUT2D eigenvalue weighted by molar-refractivity contribution is 7.13. The molecule has 0 atom stereocenters. The quantitative estimate of drug-likeness (QED) is 0.590. The molecule has 1 nitrogen and oxygen atoms in total. The molecule has 1 radical (unpaired) electrons. The first-order valence-corrected chi connectivity index (χ1v) is 4.24. The molecule has 0 fully saturated rings. The molecular weight excluding hydrogens is 166 g/mol. The van der Waals surface area contributed by atoms with Crippen LogP contribution in [0, 0.1) is 5.51 Å². The van der Waals surface area contributed by atoms with Gasteiger partial charge in [0.1, 0.15) is 4.34 Å².